The fourth-order valence-electron chi connectivity index (χ4n) is 2.52. The van der Waals surface area contributed by atoms with Crippen molar-refractivity contribution in [3.05, 3.63) is 65.5 Å². The van der Waals surface area contributed by atoms with Gasteiger partial charge >= 0.3 is 0 Å². The lowest BCUT2D eigenvalue weighted by atomic mass is 10.1. The number of nitrogens with zero attached hydrogens (tertiary/aromatic N) is 1. The van der Waals surface area contributed by atoms with Crippen molar-refractivity contribution in [2.24, 2.45) is 4.99 Å². The van der Waals surface area contributed by atoms with Crippen LogP contribution in [-0.4, -0.2) is 40.3 Å². The smallest absolute Gasteiger partial charge is 0.191 e. The molecule has 0 bridgehead atoms. The fourth-order valence-corrected chi connectivity index (χ4v) is 3.32. The summed E-state index contributed by atoms with van der Waals surface area (Å²) in [6.07, 6.45) is 1.03. The van der Waals surface area contributed by atoms with Crippen LogP contribution in [0.5, 0.6) is 5.75 Å². The number of hydrogen-bond donors (Lipinski definition) is 2. The maximum atomic E-state index is 13.2. The van der Waals surface area contributed by atoms with Crippen molar-refractivity contribution in [3.63, 3.8) is 0 Å². The van der Waals surface area contributed by atoms with E-state index in [0.717, 1.165) is 11.1 Å². The van der Waals surface area contributed by atoms with Crippen molar-refractivity contribution >= 4 is 39.8 Å². The zero-order valence-electron chi connectivity index (χ0n) is 16.7. The van der Waals surface area contributed by atoms with E-state index in [2.05, 4.69) is 15.6 Å². The quantitative estimate of drug-likeness (QED) is 0.309. The number of nitrogens with one attached hydrogen (secondary N) is 2. The van der Waals surface area contributed by atoms with Crippen LogP contribution in [0, 0.1) is 5.82 Å². The Kier molecular flexibility index (Phi) is 10.4. The first-order valence-corrected chi connectivity index (χ1v) is 10.9. The summed E-state index contributed by atoms with van der Waals surface area (Å²) < 4.78 is 41.5. The summed E-state index contributed by atoms with van der Waals surface area (Å²) >= 11 is 0. The van der Waals surface area contributed by atoms with Crippen molar-refractivity contribution < 1.29 is 17.5 Å². The van der Waals surface area contributed by atoms with Crippen LogP contribution in [0.25, 0.3) is 0 Å². The second-order valence-electron chi connectivity index (χ2n) is 6.58. The molecule has 2 aromatic rings. The molecule has 0 aliphatic heterocycles. The third-order valence-corrected chi connectivity index (χ3v) is 4.68. The lowest BCUT2D eigenvalue weighted by Gasteiger charge is -2.18. The van der Waals surface area contributed by atoms with Gasteiger partial charge in [0.15, 0.2) is 15.8 Å². The zero-order chi connectivity index (χ0) is 20.6. The van der Waals surface area contributed by atoms with E-state index in [1.807, 2.05) is 31.2 Å². The molecular weight excluding hydrogens is 508 g/mol. The van der Waals surface area contributed by atoms with E-state index in [-0.39, 0.29) is 41.7 Å². The summed E-state index contributed by atoms with van der Waals surface area (Å²) in [5.74, 6) is 0.784. The van der Waals surface area contributed by atoms with E-state index in [1.165, 1.54) is 18.4 Å². The van der Waals surface area contributed by atoms with Gasteiger partial charge in [0, 0.05) is 25.9 Å². The predicted molar refractivity (Wildman–Crippen MR) is 125 cm³/mol. The van der Waals surface area contributed by atoms with Gasteiger partial charge in [0.2, 0.25) is 0 Å². The molecule has 0 heterocycles. The number of halogens is 2. The second-order valence-corrected chi connectivity index (χ2v) is 8.72. The molecule has 160 valence electrons. The van der Waals surface area contributed by atoms with Crippen LogP contribution in [0.1, 0.15) is 18.1 Å². The highest BCUT2D eigenvalue weighted by Crippen LogP contribution is 2.13. The van der Waals surface area contributed by atoms with E-state index in [0.29, 0.717) is 24.8 Å². The first-order valence-electron chi connectivity index (χ1n) is 8.87. The molecule has 0 saturated heterocycles. The highest BCUT2D eigenvalue weighted by molar-refractivity contribution is 14.0. The lowest BCUT2D eigenvalue weighted by molar-refractivity contribution is 0.223. The lowest BCUT2D eigenvalue weighted by Crippen LogP contribution is -2.41. The third kappa shape index (κ3) is 9.93. The summed E-state index contributed by atoms with van der Waals surface area (Å²) in [6.45, 7) is 2.91. The number of aliphatic imine (C=N–C) groups is 1. The fraction of sp³-hybridized carbons (Fsp3) is 0.350. The molecule has 6 nitrogen and oxygen atoms in total. The Bertz CT molecular complexity index is 905. The van der Waals surface area contributed by atoms with Crippen LogP contribution < -0.4 is 15.4 Å². The molecule has 9 heteroatoms. The summed E-state index contributed by atoms with van der Waals surface area (Å²) in [5, 5.41) is 6.34. The molecule has 29 heavy (non-hydrogen) atoms. The largest absolute Gasteiger partial charge is 0.489 e. The van der Waals surface area contributed by atoms with Gasteiger partial charge in [-0.25, -0.2) is 12.8 Å². The van der Waals surface area contributed by atoms with Gasteiger partial charge in [0.05, 0.1) is 12.3 Å². The number of benzene rings is 2. The van der Waals surface area contributed by atoms with Gasteiger partial charge in [-0.15, -0.1) is 24.0 Å². The van der Waals surface area contributed by atoms with Gasteiger partial charge in [-0.2, -0.15) is 0 Å². The Hall–Kier alpha value is -1.88. The summed E-state index contributed by atoms with van der Waals surface area (Å²) in [5.41, 5.74) is 1.77. The topological polar surface area (TPSA) is 79.8 Å². The molecule has 0 fully saturated rings. The number of rotatable bonds is 8. The van der Waals surface area contributed by atoms with Gasteiger partial charge in [-0.3, -0.25) is 4.99 Å². The van der Waals surface area contributed by atoms with E-state index in [4.69, 9.17) is 4.74 Å². The molecule has 0 aromatic heterocycles. The molecule has 0 aliphatic rings. The zero-order valence-corrected chi connectivity index (χ0v) is 19.8. The molecule has 1 atom stereocenters. The molecule has 2 rings (SSSR count). The minimum absolute atomic E-state index is 0. The van der Waals surface area contributed by atoms with Crippen molar-refractivity contribution in [1.82, 2.24) is 10.6 Å². The number of ether oxygens (including phenoxy) is 1. The van der Waals surface area contributed by atoms with Crippen molar-refractivity contribution in [3.8, 4) is 5.75 Å². The van der Waals surface area contributed by atoms with Crippen LogP contribution >= 0.6 is 24.0 Å². The molecular formula is C20H27FIN3O3S. The maximum Gasteiger partial charge on any atom is 0.191 e. The molecule has 0 amide bonds. The molecule has 0 radical (unpaired) electrons. The minimum atomic E-state index is -3.04. The molecule has 2 N–H and O–H groups in total. The Morgan fingerprint density at radius 1 is 1.14 bits per heavy atom. The minimum Gasteiger partial charge on any atom is -0.489 e. The monoisotopic (exact) mass is 535 g/mol. The standard InChI is InChI=1S/C20H26FN3O3S.HI/c1-15(27-19-6-4-5-18(21)11-19)12-23-20(22-2)24-13-16-7-9-17(10-8-16)14-28(3,25)26;/h4-11,15H,12-14H2,1-3H3,(H2,22,23,24);1H. The van der Waals surface area contributed by atoms with Crippen molar-refractivity contribution in [2.75, 3.05) is 19.8 Å². The van der Waals surface area contributed by atoms with Crippen LogP contribution in [0.2, 0.25) is 0 Å². The molecule has 0 spiro atoms. The average molecular weight is 535 g/mol. The van der Waals surface area contributed by atoms with E-state index < -0.39 is 9.84 Å². The first kappa shape index (κ1) is 25.2. The van der Waals surface area contributed by atoms with Gasteiger partial charge in [0.1, 0.15) is 17.7 Å². The van der Waals surface area contributed by atoms with Crippen LogP contribution in [0.3, 0.4) is 0 Å². The van der Waals surface area contributed by atoms with Gasteiger partial charge in [-0.1, -0.05) is 30.3 Å². The Labute approximate surface area is 188 Å². The van der Waals surface area contributed by atoms with Crippen molar-refractivity contribution in [2.45, 2.75) is 25.3 Å². The van der Waals surface area contributed by atoms with E-state index in [9.17, 15) is 12.8 Å². The molecule has 2 aromatic carbocycles. The van der Waals surface area contributed by atoms with Crippen LogP contribution in [0.4, 0.5) is 4.39 Å². The summed E-state index contributed by atoms with van der Waals surface area (Å²) in [7, 11) is -1.37. The van der Waals surface area contributed by atoms with Crippen LogP contribution in [0.15, 0.2) is 53.5 Å². The summed E-state index contributed by atoms with van der Waals surface area (Å²) in [4.78, 5) is 4.16. The van der Waals surface area contributed by atoms with Gasteiger partial charge < -0.3 is 15.4 Å². The Morgan fingerprint density at radius 2 is 1.79 bits per heavy atom. The SMILES string of the molecule is CN=C(NCc1ccc(CS(C)(=O)=O)cc1)NCC(C)Oc1cccc(F)c1.I. The van der Waals surface area contributed by atoms with E-state index >= 15 is 0 Å². The van der Waals surface area contributed by atoms with Gasteiger partial charge in [0.25, 0.3) is 0 Å². The second kappa shape index (κ2) is 12.0. The number of sulfone groups is 1. The molecule has 0 aliphatic carbocycles. The highest BCUT2D eigenvalue weighted by Gasteiger charge is 2.07. The first-order chi connectivity index (χ1) is 13.2. The Balaban J connectivity index is 0.00000420. The highest BCUT2D eigenvalue weighted by atomic mass is 127. The number of guanidine groups is 1. The normalized spacial score (nSPS) is 12.6. The van der Waals surface area contributed by atoms with Crippen molar-refractivity contribution in [1.29, 1.82) is 0 Å². The Morgan fingerprint density at radius 3 is 2.38 bits per heavy atom. The maximum absolute atomic E-state index is 13.2. The van der Waals surface area contributed by atoms with Gasteiger partial charge in [-0.05, 0) is 30.2 Å². The predicted octanol–water partition coefficient (Wildman–Crippen LogP) is 3.12. The van der Waals surface area contributed by atoms with Crippen LogP contribution in [-0.2, 0) is 22.1 Å². The average Bonchev–Trinajstić information content (AvgIpc) is 2.62. The third-order valence-electron chi connectivity index (χ3n) is 3.83. The summed E-state index contributed by atoms with van der Waals surface area (Å²) in [6, 6.07) is 13.4. The van der Waals surface area contributed by atoms with E-state index in [1.54, 1.807) is 19.2 Å². The molecule has 1 unspecified atom stereocenters. The molecule has 0 saturated carbocycles. The number of hydrogen-bond acceptors (Lipinski definition) is 4.